The normalized spacial score (nSPS) is 12.3. The first-order valence-corrected chi connectivity index (χ1v) is 7.16. The average Bonchev–Trinajstić information content (AvgIpc) is 2.46. The number of halogens is 1. The molecule has 1 heterocycles. The highest BCUT2D eigenvalue weighted by Gasteiger charge is 2.15. The van der Waals surface area contributed by atoms with E-state index >= 15 is 0 Å². The SMILES string of the molecule is COCCOC(c1ccc(I)cc1)c1ccccn1. The lowest BCUT2D eigenvalue weighted by Crippen LogP contribution is -2.11. The summed E-state index contributed by atoms with van der Waals surface area (Å²) in [5.74, 6) is 0. The zero-order valence-electron chi connectivity index (χ0n) is 10.8. The Morgan fingerprint density at radius 2 is 1.89 bits per heavy atom. The van der Waals surface area contributed by atoms with Gasteiger partial charge in [-0.2, -0.15) is 0 Å². The molecule has 2 aromatic rings. The molecule has 0 aliphatic carbocycles. The predicted molar refractivity (Wildman–Crippen MR) is 83.1 cm³/mol. The number of hydrogen-bond donors (Lipinski definition) is 0. The van der Waals surface area contributed by atoms with Crippen LogP contribution < -0.4 is 0 Å². The quantitative estimate of drug-likeness (QED) is 0.578. The summed E-state index contributed by atoms with van der Waals surface area (Å²) in [7, 11) is 1.67. The zero-order valence-corrected chi connectivity index (χ0v) is 12.9. The van der Waals surface area contributed by atoms with E-state index in [1.54, 1.807) is 13.3 Å². The highest BCUT2D eigenvalue weighted by atomic mass is 127. The molecule has 0 spiro atoms. The Morgan fingerprint density at radius 1 is 1.11 bits per heavy atom. The molecule has 0 saturated heterocycles. The lowest BCUT2D eigenvalue weighted by molar-refractivity contribution is 0.0338. The number of aromatic nitrogens is 1. The molecular formula is C15H16INO2. The minimum atomic E-state index is -0.145. The van der Waals surface area contributed by atoms with E-state index in [0.29, 0.717) is 13.2 Å². The van der Waals surface area contributed by atoms with Crippen LogP contribution in [0.25, 0.3) is 0 Å². The van der Waals surface area contributed by atoms with Crippen molar-refractivity contribution in [3.63, 3.8) is 0 Å². The first-order chi connectivity index (χ1) is 9.31. The van der Waals surface area contributed by atoms with Gasteiger partial charge in [-0.1, -0.05) is 18.2 Å². The molecule has 0 amide bonds. The summed E-state index contributed by atoms with van der Waals surface area (Å²) in [6, 6.07) is 14.2. The fourth-order valence-corrected chi connectivity index (χ4v) is 2.13. The summed E-state index contributed by atoms with van der Waals surface area (Å²) >= 11 is 2.29. The minimum absolute atomic E-state index is 0.145. The van der Waals surface area contributed by atoms with Crippen LogP contribution in [0.15, 0.2) is 48.7 Å². The van der Waals surface area contributed by atoms with Gasteiger partial charge in [-0.25, -0.2) is 0 Å². The number of nitrogens with zero attached hydrogens (tertiary/aromatic N) is 1. The van der Waals surface area contributed by atoms with Crippen LogP contribution in [-0.4, -0.2) is 25.3 Å². The van der Waals surface area contributed by atoms with E-state index in [4.69, 9.17) is 9.47 Å². The van der Waals surface area contributed by atoms with E-state index in [1.165, 1.54) is 3.57 Å². The van der Waals surface area contributed by atoms with Crippen molar-refractivity contribution < 1.29 is 9.47 Å². The molecule has 0 fully saturated rings. The smallest absolute Gasteiger partial charge is 0.125 e. The molecule has 0 aliphatic heterocycles. The molecule has 1 unspecified atom stereocenters. The van der Waals surface area contributed by atoms with Crippen LogP contribution in [0.1, 0.15) is 17.4 Å². The van der Waals surface area contributed by atoms with Gasteiger partial charge in [0, 0.05) is 16.9 Å². The maximum Gasteiger partial charge on any atom is 0.125 e. The molecular weight excluding hydrogens is 353 g/mol. The average molecular weight is 369 g/mol. The minimum Gasteiger partial charge on any atom is -0.382 e. The zero-order chi connectivity index (χ0) is 13.5. The van der Waals surface area contributed by atoms with E-state index in [9.17, 15) is 0 Å². The summed E-state index contributed by atoms with van der Waals surface area (Å²) in [6.07, 6.45) is 1.64. The van der Waals surface area contributed by atoms with Crippen molar-refractivity contribution in [3.05, 3.63) is 63.5 Å². The van der Waals surface area contributed by atoms with Gasteiger partial charge >= 0.3 is 0 Å². The standard InChI is InChI=1S/C15H16INO2/c1-18-10-11-19-15(14-4-2-3-9-17-14)12-5-7-13(16)8-6-12/h2-9,15H,10-11H2,1H3. The van der Waals surface area contributed by atoms with Crippen LogP contribution in [0.4, 0.5) is 0 Å². The van der Waals surface area contributed by atoms with Gasteiger partial charge in [0.25, 0.3) is 0 Å². The predicted octanol–water partition coefficient (Wildman–Crippen LogP) is 3.44. The Kier molecular flexibility index (Phi) is 5.75. The van der Waals surface area contributed by atoms with Crippen molar-refractivity contribution >= 4 is 22.6 Å². The third-order valence-corrected chi connectivity index (χ3v) is 3.42. The van der Waals surface area contributed by atoms with Crippen molar-refractivity contribution in [2.75, 3.05) is 20.3 Å². The fourth-order valence-electron chi connectivity index (χ4n) is 1.77. The van der Waals surface area contributed by atoms with E-state index in [0.717, 1.165) is 11.3 Å². The molecule has 100 valence electrons. The van der Waals surface area contributed by atoms with Gasteiger partial charge in [-0.05, 0) is 52.4 Å². The molecule has 4 heteroatoms. The Bertz CT molecular complexity index is 487. The molecule has 0 N–H and O–H groups in total. The molecule has 0 saturated carbocycles. The van der Waals surface area contributed by atoms with Gasteiger partial charge in [-0.3, -0.25) is 4.98 Å². The third kappa shape index (κ3) is 4.26. The van der Waals surface area contributed by atoms with Gasteiger partial charge in [0.05, 0.1) is 18.9 Å². The van der Waals surface area contributed by atoms with Gasteiger partial charge in [0.15, 0.2) is 0 Å². The molecule has 0 radical (unpaired) electrons. The number of methoxy groups -OCH3 is 1. The second kappa shape index (κ2) is 7.57. The number of ether oxygens (including phenoxy) is 2. The van der Waals surface area contributed by atoms with Crippen LogP contribution in [0.5, 0.6) is 0 Å². The number of rotatable bonds is 6. The highest BCUT2D eigenvalue weighted by molar-refractivity contribution is 14.1. The monoisotopic (exact) mass is 369 g/mol. The third-order valence-electron chi connectivity index (χ3n) is 2.70. The maximum absolute atomic E-state index is 5.90. The summed E-state index contributed by atoms with van der Waals surface area (Å²) in [5.41, 5.74) is 2.02. The van der Waals surface area contributed by atoms with Gasteiger partial charge in [-0.15, -0.1) is 0 Å². The number of hydrogen-bond acceptors (Lipinski definition) is 3. The van der Waals surface area contributed by atoms with Crippen LogP contribution >= 0.6 is 22.6 Å². The molecule has 3 nitrogen and oxygen atoms in total. The summed E-state index contributed by atoms with van der Waals surface area (Å²) in [6.45, 7) is 1.12. The summed E-state index contributed by atoms with van der Waals surface area (Å²) in [4.78, 5) is 4.39. The topological polar surface area (TPSA) is 31.4 Å². The second-order valence-corrected chi connectivity index (χ2v) is 5.30. The molecule has 1 aromatic carbocycles. The summed E-state index contributed by atoms with van der Waals surface area (Å²) < 4.78 is 12.1. The highest BCUT2D eigenvalue weighted by Crippen LogP contribution is 2.24. The second-order valence-electron chi connectivity index (χ2n) is 4.05. The first-order valence-electron chi connectivity index (χ1n) is 6.08. The van der Waals surface area contributed by atoms with Crippen LogP contribution in [-0.2, 0) is 9.47 Å². The van der Waals surface area contributed by atoms with Crippen LogP contribution in [0.2, 0.25) is 0 Å². The van der Waals surface area contributed by atoms with E-state index in [1.807, 2.05) is 18.2 Å². The Labute approximate surface area is 127 Å². The summed E-state index contributed by atoms with van der Waals surface area (Å²) in [5, 5.41) is 0. The lowest BCUT2D eigenvalue weighted by atomic mass is 10.1. The fraction of sp³-hybridized carbons (Fsp3) is 0.267. The molecule has 19 heavy (non-hydrogen) atoms. The largest absolute Gasteiger partial charge is 0.382 e. The van der Waals surface area contributed by atoms with Gasteiger partial charge < -0.3 is 9.47 Å². The van der Waals surface area contributed by atoms with Crippen molar-refractivity contribution in [1.82, 2.24) is 4.98 Å². The Hall–Kier alpha value is -0.980. The Balaban J connectivity index is 2.21. The lowest BCUT2D eigenvalue weighted by Gasteiger charge is -2.18. The molecule has 1 aromatic heterocycles. The van der Waals surface area contributed by atoms with Gasteiger partial charge in [0.1, 0.15) is 6.10 Å². The van der Waals surface area contributed by atoms with E-state index in [2.05, 4.69) is 51.8 Å². The molecule has 0 bridgehead atoms. The van der Waals surface area contributed by atoms with Crippen molar-refractivity contribution in [1.29, 1.82) is 0 Å². The van der Waals surface area contributed by atoms with Crippen LogP contribution in [0, 0.1) is 3.57 Å². The van der Waals surface area contributed by atoms with Gasteiger partial charge in [0.2, 0.25) is 0 Å². The van der Waals surface area contributed by atoms with Crippen molar-refractivity contribution in [3.8, 4) is 0 Å². The number of benzene rings is 1. The van der Waals surface area contributed by atoms with E-state index < -0.39 is 0 Å². The molecule has 1 atom stereocenters. The molecule has 2 rings (SSSR count). The van der Waals surface area contributed by atoms with Crippen molar-refractivity contribution in [2.45, 2.75) is 6.10 Å². The van der Waals surface area contributed by atoms with E-state index in [-0.39, 0.29) is 6.10 Å². The van der Waals surface area contributed by atoms with Crippen molar-refractivity contribution in [2.24, 2.45) is 0 Å². The van der Waals surface area contributed by atoms with Crippen LogP contribution in [0.3, 0.4) is 0 Å². The number of pyridine rings is 1. The Morgan fingerprint density at radius 3 is 2.53 bits per heavy atom. The molecule has 0 aliphatic rings. The maximum atomic E-state index is 5.90. The first kappa shape index (κ1) is 14.4.